The quantitative estimate of drug-likeness (QED) is 0.122. The second kappa shape index (κ2) is 37.4. The minimum atomic E-state index is 1.37. The van der Waals surface area contributed by atoms with E-state index in [1.54, 1.807) is 0 Å². The Morgan fingerprint density at radius 3 is 0.607 bits per heavy atom. The molecule has 0 aliphatic rings. The molecule has 4 heteroatoms. The third kappa shape index (κ3) is 44.8. The van der Waals surface area contributed by atoms with Crippen LogP contribution in [0, 0.1) is 21.3 Å². The summed E-state index contributed by atoms with van der Waals surface area (Å²) in [5.41, 5.74) is 0. The Balaban J connectivity index is -0.000000915. The largest absolute Gasteiger partial charge is 0.185 e. The van der Waals surface area contributed by atoms with E-state index in [-0.39, 0.29) is 0 Å². The molecule has 0 atom stereocenters. The molecule has 0 rings (SSSR count). The molecule has 0 amide bonds. The van der Waals surface area contributed by atoms with Gasteiger partial charge in [0.1, 0.15) is 10.8 Å². The lowest BCUT2D eigenvalue weighted by atomic mass is 10.0. The van der Waals surface area contributed by atoms with E-state index in [1.165, 1.54) is 139 Å². The van der Waals surface area contributed by atoms with Gasteiger partial charge in [0.2, 0.25) is 0 Å². The van der Waals surface area contributed by atoms with E-state index in [2.05, 4.69) is 39.1 Å². The van der Waals surface area contributed by atoms with Crippen LogP contribution < -0.4 is 0 Å². The Morgan fingerprint density at radius 1 is 0.393 bits per heavy atom. The third-order valence-electron chi connectivity index (χ3n) is 4.96. The van der Waals surface area contributed by atoms with Gasteiger partial charge in [-0.2, -0.15) is 10.5 Å². The monoisotopic (exact) mass is 428 g/mol. The van der Waals surface area contributed by atoms with Crippen molar-refractivity contribution >= 4 is 25.3 Å². The first-order valence-corrected chi connectivity index (χ1v) is 12.7. The molecule has 0 radical (unpaired) electrons. The molecule has 166 valence electrons. The maximum Gasteiger partial charge on any atom is 0.130 e. The normalized spacial score (nSPS) is 9.36. The number of nitrogens with zero attached hydrogens (tertiary/aromatic N) is 2. The zero-order valence-corrected chi connectivity index (χ0v) is 20.7. The van der Waals surface area contributed by atoms with E-state index in [0.29, 0.717) is 0 Å². The summed E-state index contributed by atoms with van der Waals surface area (Å²) in [6, 6.07) is 0. The smallest absolute Gasteiger partial charge is 0.130 e. The van der Waals surface area contributed by atoms with Crippen LogP contribution in [0.4, 0.5) is 0 Å². The first-order chi connectivity index (χ1) is 13.7. The topological polar surface area (TPSA) is 47.6 Å². The van der Waals surface area contributed by atoms with Crippen molar-refractivity contribution < 1.29 is 0 Å². The van der Waals surface area contributed by atoms with Gasteiger partial charge in [-0.05, 0) is 0 Å². The van der Waals surface area contributed by atoms with Crippen LogP contribution in [0.1, 0.15) is 142 Å². The average molecular weight is 429 g/mol. The summed E-state index contributed by atoms with van der Waals surface area (Å²) in [6.45, 7) is 4.60. The van der Waals surface area contributed by atoms with Gasteiger partial charge < -0.3 is 0 Å². The number of rotatable bonds is 19. The van der Waals surface area contributed by atoms with Crippen LogP contribution in [0.25, 0.3) is 0 Å². The fourth-order valence-electron chi connectivity index (χ4n) is 3.33. The van der Waals surface area contributed by atoms with Crippen molar-refractivity contribution in [3.8, 4) is 10.8 Å². The molecule has 0 bridgehead atoms. The summed E-state index contributed by atoms with van der Waals surface area (Å²) in [7, 11) is 0. The van der Waals surface area contributed by atoms with Gasteiger partial charge in [-0.25, -0.2) is 0 Å². The molecule has 0 spiro atoms. The van der Waals surface area contributed by atoms with Gasteiger partial charge in [0.25, 0.3) is 0 Å². The van der Waals surface area contributed by atoms with Crippen molar-refractivity contribution in [3.05, 3.63) is 0 Å². The lowest BCUT2D eigenvalue weighted by molar-refractivity contribution is 0.523. The van der Waals surface area contributed by atoms with Crippen LogP contribution in [0.5, 0.6) is 0 Å². The highest BCUT2D eigenvalue weighted by molar-refractivity contribution is 7.85. The Bertz CT molecular complexity index is 290. The fourth-order valence-corrected chi connectivity index (χ4v) is 3.33. The zero-order chi connectivity index (χ0) is 21.6. The zero-order valence-electron chi connectivity index (χ0n) is 18.9. The summed E-state index contributed by atoms with van der Waals surface area (Å²) >= 11 is 6.19. The van der Waals surface area contributed by atoms with Crippen molar-refractivity contribution in [3.63, 3.8) is 0 Å². The van der Waals surface area contributed by atoms with E-state index in [1.807, 2.05) is 0 Å². The molecule has 0 aromatic carbocycles. The van der Waals surface area contributed by atoms with Gasteiger partial charge in [-0.15, -0.1) is 0 Å². The molecule has 0 aromatic rings. The molecule has 28 heavy (non-hydrogen) atoms. The Morgan fingerprint density at radius 2 is 0.500 bits per heavy atom. The molecule has 0 N–H and O–H groups in total. The molecule has 2 nitrogen and oxygen atoms in total. The van der Waals surface area contributed by atoms with Crippen molar-refractivity contribution in [2.75, 3.05) is 0 Å². The summed E-state index contributed by atoms with van der Waals surface area (Å²) in [5.74, 6) is 0. The van der Waals surface area contributed by atoms with E-state index in [9.17, 15) is 0 Å². The van der Waals surface area contributed by atoms with Crippen LogP contribution in [-0.2, 0) is 0 Å². The second-order valence-electron chi connectivity index (χ2n) is 7.56. The number of hydrogen-bond donors (Lipinski definition) is 2. The summed E-state index contributed by atoms with van der Waals surface area (Å²) in [5, 5.41) is 17.3. The summed E-state index contributed by atoms with van der Waals surface area (Å²) in [4.78, 5) is 0. The van der Waals surface area contributed by atoms with E-state index in [4.69, 9.17) is 10.5 Å². The van der Waals surface area contributed by atoms with Crippen molar-refractivity contribution in [2.45, 2.75) is 142 Å². The van der Waals surface area contributed by atoms with Crippen molar-refractivity contribution in [1.29, 1.82) is 10.5 Å². The first-order valence-electron chi connectivity index (χ1n) is 11.8. The predicted octanol–water partition coefficient (Wildman–Crippen LogP) is 9.62. The molecule has 0 aliphatic carbocycles. The number of thiol groups is 2. The van der Waals surface area contributed by atoms with Gasteiger partial charge in [-0.1, -0.05) is 168 Å². The number of thiocyanates is 2. The summed E-state index contributed by atoms with van der Waals surface area (Å²) in [6.07, 6.45) is 29.4. The highest BCUT2D eigenvalue weighted by Gasteiger charge is 1.94. The molecule has 0 saturated carbocycles. The number of nitriles is 2. The van der Waals surface area contributed by atoms with Crippen LogP contribution in [0.3, 0.4) is 0 Å². The first kappa shape index (κ1) is 32.3. The number of unbranched alkanes of at least 4 members (excludes halogenated alkanes) is 19. The van der Waals surface area contributed by atoms with Gasteiger partial charge in [-0.3, -0.25) is 0 Å². The molecule has 0 unspecified atom stereocenters. The molecule has 0 saturated heterocycles. The standard InChI is InChI=1S/C22H46.2CHNS/c1-3-5-7-9-11-13-15-17-19-21-22-20-18-16-14-12-10-8-6-4-2;2*2-1-3/h3-22H2,1-2H3;2*3H. The minimum Gasteiger partial charge on any atom is -0.185 e. The lowest BCUT2D eigenvalue weighted by Gasteiger charge is -2.03. The average Bonchev–Trinajstić information content (AvgIpc) is 2.68. The van der Waals surface area contributed by atoms with Gasteiger partial charge >= 0.3 is 0 Å². The third-order valence-corrected chi connectivity index (χ3v) is 4.96. The van der Waals surface area contributed by atoms with Gasteiger partial charge in [0.15, 0.2) is 0 Å². The van der Waals surface area contributed by atoms with Crippen molar-refractivity contribution in [2.24, 2.45) is 0 Å². The highest BCUT2D eigenvalue weighted by Crippen LogP contribution is 2.14. The fraction of sp³-hybridized carbons (Fsp3) is 0.917. The molecule has 0 aliphatic heterocycles. The second-order valence-corrected chi connectivity index (χ2v) is 7.96. The van der Waals surface area contributed by atoms with E-state index >= 15 is 0 Å². The van der Waals surface area contributed by atoms with Crippen LogP contribution >= 0.6 is 25.3 Å². The molecule has 0 fully saturated rings. The highest BCUT2D eigenvalue weighted by atomic mass is 32.1. The Kier molecular flexibility index (Phi) is 43.2. The maximum atomic E-state index is 7.18. The lowest BCUT2D eigenvalue weighted by Crippen LogP contribution is -1.84. The predicted molar refractivity (Wildman–Crippen MR) is 133 cm³/mol. The van der Waals surface area contributed by atoms with Crippen LogP contribution in [0.15, 0.2) is 0 Å². The molecule has 0 heterocycles. The Hall–Kier alpha value is -0.320. The van der Waals surface area contributed by atoms with E-state index in [0.717, 1.165) is 0 Å². The van der Waals surface area contributed by atoms with Gasteiger partial charge in [0.05, 0.1) is 0 Å². The molecular weight excluding hydrogens is 380 g/mol. The SMILES string of the molecule is CCCCCCCCCCCCCCCCCCCCCC.N#CS.N#CS. The van der Waals surface area contributed by atoms with E-state index < -0.39 is 0 Å². The van der Waals surface area contributed by atoms with Crippen LogP contribution in [-0.4, -0.2) is 0 Å². The Labute approximate surface area is 188 Å². The molecule has 0 aromatic heterocycles. The number of hydrogen-bond acceptors (Lipinski definition) is 4. The minimum absolute atomic E-state index is 1.37. The van der Waals surface area contributed by atoms with Crippen molar-refractivity contribution in [1.82, 2.24) is 0 Å². The summed E-state index contributed by atoms with van der Waals surface area (Å²) < 4.78 is 0. The maximum absolute atomic E-state index is 7.18. The molecular formula is C24H48N2S2. The van der Waals surface area contributed by atoms with Gasteiger partial charge in [0, 0.05) is 0 Å². The van der Waals surface area contributed by atoms with Crippen LogP contribution in [0.2, 0.25) is 0 Å².